The Kier molecular flexibility index (Phi) is 3.30. The SMILES string of the molecule is Nc1ccc2sc(C(=O)Nc3ccc(Cl)cn3)cc2c1. The summed E-state index contributed by atoms with van der Waals surface area (Å²) in [5.74, 6) is 0.274. The number of aromatic nitrogens is 1. The molecule has 2 heterocycles. The Morgan fingerprint density at radius 1 is 1.25 bits per heavy atom. The second kappa shape index (κ2) is 5.11. The number of carbonyl (C=O) groups is 1. The van der Waals surface area contributed by atoms with E-state index in [0.29, 0.717) is 21.4 Å². The van der Waals surface area contributed by atoms with Crippen molar-refractivity contribution in [2.24, 2.45) is 0 Å². The lowest BCUT2D eigenvalue weighted by molar-refractivity contribution is 0.103. The number of nitrogen functional groups attached to an aromatic ring is 1. The van der Waals surface area contributed by atoms with Crippen LogP contribution in [0.3, 0.4) is 0 Å². The standard InChI is InChI=1S/C14H10ClN3OS/c15-9-1-4-13(17-7-9)18-14(19)12-6-8-5-10(16)2-3-11(8)20-12/h1-7H,16H2,(H,17,18,19). The number of hydrogen-bond donors (Lipinski definition) is 2. The number of pyridine rings is 1. The van der Waals surface area contributed by atoms with Crippen molar-refractivity contribution in [3.63, 3.8) is 0 Å². The second-order valence-electron chi connectivity index (χ2n) is 4.22. The van der Waals surface area contributed by atoms with E-state index in [1.54, 1.807) is 12.1 Å². The van der Waals surface area contributed by atoms with Crippen molar-refractivity contribution in [2.45, 2.75) is 0 Å². The van der Waals surface area contributed by atoms with Gasteiger partial charge < -0.3 is 11.1 Å². The van der Waals surface area contributed by atoms with Crippen molar-refractivity contribution < 1.29 is 4.79 Å². The fourth-order valence-corrected chi connectivity index (χ4v) is 2.85. The molecule has 0 radical (unpaired) electrons. The Hall–Kier alpha value is -2.11. The summed E-state index contributed by atoms with van der Waals surface area (Å²) < 4.78 is 1.02. The predicted molar refractivity (Wildman–Crippen MR) is 83.4 cm³/mol. The molecule has 0 aliphatic heterocycles. The van der Waals surface area contributed by atoms with E-state index in [0.717, 1.165) is 10.1 Å². The molecule has 3 N–H and O–H groups in total. The van der Waals surface area contributed by atoms with Gasteiger partial charge in [-0.1, -0.05) is 11.6 Å². The lowest BCUT2D eigenvalue weighted by Crippen LogP contribution is -2.10. The number of fused-ring (bicyclic) bond motifs is 1. The zero-order chi connectivity index (χ0) is 14.1. The van der Waals surface area contributed by atoms with Gasteiger partial charge in [0.25, 0.3) is 5.91 Å². The number of amides is 1. The van der Waals surface area contributed by atoms with Crippen LogP contribution in [0.2, 0.25) is 5.02 Å². The van der Waals surface area contributed by atoms with Crippen molar-refractivity contribution in [1.29, 1.82) is 0 Å². The Morgan fingerprint density at radius 2 is 2.10 bits per heavy atom. The van der Waals surface area contributed by atoms with Gasteiger partial charge in [0.1, 0.15) is 5.82 Å². The summed E-state index contributed by atoms with van der Waals surface area (Å²) in [6.45, 7) is 0. The zero-order valence-corrected chi connectivity index (χ0v) is 11.8. The number of nitrogens with two attached hydrogens (primary N) is 1. The number of carbonyl (C=O) groups excluding carboxylic acids is 1. The predicted octanol–water partition coefficient (Wildman–Crippen LogP) is 3.78. The van der Waals surface area contributed by atoms with Gasteiger partial charge in [0.05, 0.1) is 9.90 Å². The third-order valence-electron chi connectivity index (χ3n) is 2.73. The molecule has 0 bridgehead atoms. The first-order valence-electron chi connectivity index (χ1n) is 5.84. The highest BCUT2D eigenvalue weighted by molar-refractivity contribution is 7.20. The summed E-state index contributed by atoms with van der Waals surface area (Å²) in [6, 6.07) is 10.7. The van der Waals surface area contributed by atoms with Crippen LogP contribution in [0.25, 0.3) is 10.1 Å². The quantitative estimate of drug-likeness (QED) is 0.708. The molecule has 4 nitrogen and oxygen atoms in total. The topological polar surface area (TPSA) is 68.0 Å². The van der Waals surface area contributed by atoms with Crippen LogP contribution in [0, 0.1) is 0 Å². The maximum Gasteiger partial charge on any atom is 0.266 e. The van der Waals surface area contributed by atoms with Crippen LogP contribution in [-0.2, 0) is 0 Å². The second-order valence-corrected chi connectivity index (χ2v) is 5.74. The molecule has 0 saturated heterocycles. The van der Waals surface area contributed by atoms with Gasteiger partial charge in [-0.2, -0.15) is 0 Å². The van der Waals surface area contributed by atoms with Gasteiger partial charge in [0.2, 0.25) is 0 Å². The maximum atomic E-state index is 12.1. The average Bonchev–Trinajstić information content (AvgIpc) is 2.84. The van der Waals surface area contributed by atoms with E-state index >= 15 is 0 Å². The monoisotopic (exact) mass is 303 g/mol. The van der Waals surface area contributed by atoms with E-state index in [1.807, 2.05) is 24.3 Å². The molecule has 1 amide bonds. The maximum absolute atomic E-state index is 12.1. The van der Waals surface area contributed by atoms with Gasteiger partial charge >= 0.3 is 0 Å². The van der Waals surface area contributed by atoms with E-state index in [-0.39, 0.29) is 5.91 Å². The van der Waals surface area contributed by atoms with Crippen LogP contribution < -0.4 is 11.1 Å². The summed E-state index contributed by atoms with van der Waals surface area (Å²) in [7, 11) is 0. The lowest BCUT2D eigenvalue weighted by Gasteiger charge is -2.01. The molecular formula is C14H10ClN3OS. The molecule has 3 rings (SSSR count). The van der Waals surface area contributed by atoms with E-state index in [2.05, 4.69) is 10.3 Å². The van der Waals surface area contributed by atoms with Crippen LogP contribution in [0.4, 0.5) is 11.5 Å². The minimum atomic E-state index is -0.195. The number of rotatable bonds is 2. The van der Waals surface area contributed by atoms with Gasteiger partial charge in [0, 0.05) is 16.6 Å². The average molecular weight is 304 g/mol. The Labute approximate surface area is 124 Å². The molecule has 6 heteroatoms. The normalized spacial score (nSPS) is 10.7. The number of anilines is 2. The number of nitrogens with one attached hydrogen (secondary N) is 1. The largest absolute Gasteiger partial charge is 0.399 e. The molecule has 2 aromatic heterocycles. The van der Waals surface area contributed by atoms with Gasteiger partial charge in [-0.25, -0.2) is 4.98 Å². The van der Waals surface area contributed by atoms with Crippen molar-refractivity contribution in [3.8, 4) is 0 Å². The van der Waals surface area contributed by atoms with Crippen LogP contribution in [0.15, 0.2) is 42.6 Å². The van der Waals surface area contributed by atoms with Crippen molar-refractivity contribution in [1.82, 2.24) is 4.98 Å². The fourth-order valence-electron chi connectivity index (χ4n) is 1.80. The number of benzene rings is 1. The molecule has 1 aromatic carbocycles. The first-order valence-corrected chi connectivity index (χ1v) is 7.03. The van der Waals surface area contributed by atoms with E-state index in [1.165, 1.54) is 17.5 Å². The van der Waals surface area contributed by atoms with Crippen molar-refractivity contribution >= 4 is 50.4 Å². The van der Waals surface area contributed by atoms with Gasteiger partial charge in [-0.3, -0.25) is 4.79 Å². The summed E-state index contributed by atoms with van der Waals surface area (Å²) in [5.41, 5.74) is 6.41. The molecule has 0 atom stereocenters. The highest BCUT2D eigenvalue weighted by Gasteiger charge is 2.11. The first-order chi connectivity index (χ1) is 9.61. The Morgan fingerprint density at radius 3 is 2.85 bits per heavy atom. The first kappa shape index (κ1) is 12.9. The number of halogens is 1. The highest BCUT2D eigenvalue weighted by Crippen LogP contribution is 2.27. The third kappa shape index (κ3) is 2.59. The number of thiophene rings is 1. The summed E-state index contributed by atoms with van der Waals surface area (Å²) >= 11 is 7.16. The van der Waals surface area contributed by atoms with Crippen LogP contribution in [0.1, 0.15) is 9.67 Å². The van der Waals surface area contributed by atoms with Crippen LogP contribution >= 0.6 is 22.9 Å². The molecule has 3 aromatic rings. The molecule has 0 fully saturated rings. The third-order valence-corrected chi connectivity index (χ3v) is 4.07. The molecule has 100 valence electrons. The molecule has 20 heavy (non-hydrogen) atoms. The molecule has 0 unspecified atom stereocenters. The van der Waals surface area contributed by atoms with Gasteiger partial charge in [-0.05, 0) is 41.8 Å². The Bertz CT molecular complexity index is 783. The molecule has 0 saturated carbocycles. The lowest BCUT2D eigenvalue weighted by atomic mass is 10.2. The summed E-state index contributed by atoms with van der Waals surface area (Å²) in [4.78, 5) is 16.8. The van der Waals surface area contributed by atoms with Crippen molar-refractivity contribution in [2.75, 3.05) is 11.1 Å². The molecular weight excluding hydrogens is 294 g/mol. The highest BCUT2D eigenvalue weighted by atomic mass is 35.5. The smallest absolute Gasteiger partial charge is 0.266 e. The van der Waals surface area contributed by atoms with E-state index in [4.69, 9.17) is 17.3 Å². The summed E-state index contributed by atoms with van der Waals surface area (Å²) in [5, 5.41) is 4.22. The van der Waals surface area contributed by atoms with E-state index in [9.17, 15) is 4.79 Å². The van der Waals surface area contributed by atoms with E-state index < -0.39 is 0 Å². The zero-order valence-electron chi connectivity index (χ0n) is 10.3. The molecule has 0 aliphatic carbocycles. The van der Waals surface area contributed by atoms with Gasteiger partial charge in [-0.15, -0.1) is 11.3 Å². The minimum absolute atomic E-state index is 0.195. The van der Waals surface area contributed by atoms with Gasteiger partial charge in [0.15, 0.2) is 0 Å². The minimum Gasteiger partial charge on any atom is -0.399 e. The molecule has 0 spiro atoms. The van der Waals surface area contributed by atoms with Crippen molar-refractivity contribution in [3.05, 3.63) is 52.5 Å². The summed E-state index contributed by atoms with van der Waals surface area (Å²) in [6.07, 6.45) is 1.49. The fraction of sp³-hybridized carbons (Fsp3) is 0. The number of hydrogen-bond acceptors (Lipinski definition) is 4. The van der Waals surface area contributed by atoms with Crippen LogP contribution in [0.5, 0.6) is 0 Å². The number of nitrogens with zero attached hydrogens (tertiary/aromatic N) is 1. The molecule has 0 aliphatic rings. The van der Waals surface area contributed by atoms with Crippen LogP contribution in [-0.4, -0.2) is 10.9 Å². The Balaban J connectivity index is 1.86.